The quantitative estimate of drug-likeness (QED) is 0.267. The van der Waals surface area contributed by atoms with Gasteiger partial charge in [0.2, 0.25) is 5.88 Å². The lowest BCUT2D eigenvalue weighted by atomic mass is 9.83. The number of nitrogens with two attached hydrogens (primary N) is 1. The third-order valence-electron chi connectivity index (χ3n) is 5.64. The van der Waals surface area contributed by atoms with Gasteiger partial charge < -0.3 is 19.9 Å². The van der Waals surface area contributed by atoms with Gasteiger partial charge in [-0.25, -0.2) is 4.79 Å². The van der Waals surface area contributed by atoms with Crippen LogP contribution in [0.2, 0.25) is 0 Å². The maximum Gasteiger partial charge on any atom is 0.343 e. The maximum atomic E-state index is 12.4. The van der Waals surface area contributed by atoms with E-state index in [0.717, 1.165) is 36.1 Å². The summed E-state index contributed by atoms with van der Waals surface area (Å²) in [6, 6.07) is 23.7. The first kappa shape index (κ1) is 22.9. The molecule has 0 spiro atoms. The van der Waals surface area contributed by atoms with Gasteiger partial charge in [-0.15, -0.1) is 0 Å². The lowest BCUT2D eigenvalue weighted by Gasteiger charge is -2.26. The van der Waals surface area contributed by atoms with Crippen LogP contribution in [0.4, 0.5) is 0 Å². The Morgan fingerprint density at radius 3 is 2.47 bits per heavy atom. The first-order valence-corrected chi connectivity index (χ1v) is 11.3. The van der Waals surface area contributed by atoms with E-state index in [4.69, 9.17) is 19.9 Å². The van der Waals surface area contributed by atoms with Gasteiger partial charge in [0.05, 0.1) is 18.1 Å². The smallest absolute Gasteiger partial charge is 0.343 e. The molecule has 0 bridgehead atoms. The third kappa shape index (κ3) is 5.05. The van der Waals surface area contributed by atoms with Gasteiger partial charge in [0.25, 0.3) is 0 Å². The Balaban J connectivity index is 1.58. The van der Waals surface area contributed by atoms with E-state index >= 15 is 0 Å². The van der Waals surface area contributed by atoms with Gasteiger partial charge in [0, 0.05) is 11.6 Å². The molecule has 172 valence electrons. The van der Waals surface area contributed by atoms with Gasteiger partial charge in [0.1, 0.15) is 28.9 Å². The number of nitrogens with zero attached hydrogens (tertiary/aromatic N) is 1. The molecule has 6 nitrogen and oxygen atoms in total. The summed E-state index contributed by atoms with van der Waals surface area (Å²) in [5.74, 6) is 0.720. The SMILES string of the molecule is CCCCCOc1ccc([C@H]2C(C#N)=C(N)Oc3cc(OC(=O)c4ccccc4)ccc32)cc1. The molecule has 0 saturated heterocycles. The molecule has 2 N–H and O–H groups in total. The number of unbranched alkanes of at least 4 members (excludes halogenated alkanes) is 2. The molecule has 0 saturated carbocycles. The Kier molecular flexibility index (Phi) is 7.14. The molecule has 0 unspecified atom stereocenters. The number of nitriles is 1. The van der Waals surface area contributed by atoms with Crippen molar-refractivity contribution >= 4 is 5.97 Å². The van der Waals surface area contributed by atoms with Crippen molar-refractivity contribution in [3.63, 3.8) is 0 Å². The lowest BCUT2D eigenvalue weighted by molar-refractivity contribution is 0.0734. The van der Waals surface area contributed by atoms with E-state index in [9.17, 15) is 10.1 Å². The number of benzene rings is 3. The average Bonchev–Trinajstić information content (AvgIpc) is 2.86. The van der Waals surface area contributed by atoms with Gasteiger partial charge in [-0.1, -0.05) is 56.2 Å². The molecular weight excluding hydrogens is 428 g/mol. The average molecular weight is 455 g/mol. The summed E-state index contributed by atoms with van der Waals surface area (Å²) < 4.78 is 17.1. The highest BCUT2D eigenvalue weighted by atomic mass is 16.5. The summed E-state index contributed by atoms with van der Waals surface area (Å²) in [4.78, 5) is 12.4. The Labute approximate surface area is 199 Å². The molecule has 1 heterocycles. The van der Waals surface area contributed by atoms with Crippen molar-refractivity contribution in [3.8, 4) is 23.3 Å². The van der Waals surface area contributed by atoms with Crippen LogP contribution in [0.5, 0.6) is 17.2 Å². The number of hydrogen-bond donors (Lipinski definition) is 1. The van der Waals surface area contributed by atoms with Crippen LogP contribution in [0, 0.1) is 11.3 Å². The Hall–Kier alpha value is -4.24. The van der Waals surface area contributed by atoms with Crippen molar-refractivity contribution in [2.75, 3.05) is 6.61 Å². The van der Waals surface area contributed by atoms with Crippen molar-refractivity contribution in [3.05, 3.63) is 101 Å². The van der Waals surface area contributed by atoms with Crippen molar-refractivity contribution in [1.29, 1.82) is 5.26 Å². The van der Waals surface area contributed by atoms with Crippen LogP contribution in [0.1, 0.15) is 53.6 Å². The van der Waals surface area contributed by atoms with Crippen molar-refractivity contribution < 1.29 is 19.0 Å². The van der Waals surface area contributed by atoms with Crippen LogP contribution in [-0.4, -0.2) is 12.6 Å². The molecular formula is C28H26N2O4. The van der Waals surface area contributed by atoms with E-state index in [1.54, 1.807) is 42.5 Å². The van der Waals surface area contributed by atoms with E-state index in [1.807, 2.05) is 30.3 Å². The van der Waals surface area contributed by atoms with E-state index in [1.165, 1.54) is 0 Å². The molecule has 34 heavy (non-hydrogen) atoms. The van der Waals surface area contributed by atoms with Crippen LogP contribution < -0.4 is 19.9 Å². The second kappa shape index (κ2) is 10.6. The Morgan fingerprint density at radius 2 is 1.76 bits per heavy atom. The van der Waals surface area contributed by atoms with Crippen LogP contribution in [0.25, 0.3) is 0 Å². The Morgan fingerprint density at radius 1 is 1.03 bits per heavy atom. The zero-order chi connectivity index (χ0) is 23.9. The van der Waals surface area contributed by atoms with Gasteiger partial charge >= 0.3 is 5.97 Å². The van der Waals surface area contributed by atoms with Crippen LogP contribution in [0.15, 0.2) is 84.3 Å². The largest absolute Gasteiger partial charge is 0.494 e. The highest BCUT2D eigenvalue weighted by Crippen LogP contribution is 2.43. The number of esters is 1. The first-order chi connectivity index (χ1) is 16.6. The van der Waals surface area contributed by atoms with Crippen LogP contribution in [0.3, 0.4) is 0 Å². The number of allylic oxidation sites excluding steroid dienone is 1. The lowest BCUT2D eigenvalue weighted by Crippen LogP contribution is -2.21. The summed E-state index contributed by atoms with van der Waals surface area (Å²) in [5, 5.41) is 9.78. The maximum absolute atomic E-state index is 12.4. The number of fused-ring (bicyclic) bond motifs is 1. The van der Waals surface area contributed by atoms with Crippen molar-refractivity contribution in [2.45, 2.75) is 32.1 Å². The minimum Gasteiger partial charge on any atom is -0.494 e. The van der Waals surface area contributed by atoms with E-state index < -0.39 is 11.9 Å². The molecule has 6 heteroatoms. The van der Waals surface area contributed by atoms with E-state index in [2.05, 4.69) is 13.0 Å². The Bertz CT molecular complexity index is 1230. The summed E-state index contributed by atoms with van der Waals surface area (Å²) >= 11 is 0. The number of rotatable bonds is 8. The molecule has 0 aromatic heterocycles. The molecule has 0 fully saturated rings. The number of carbonyl (C=O) groups excluding carboxylic acids is 1. The molecule has 3 aromatic carbocycles. The number of ether oxygens (including phenoxy) is 3. The van der Waals surface area contributed by atoms with Gasteiger partial charge in [-0.3, -0.25) is 0 Å². The first-order valence-electron chi connectivity index (χ1n) is 11.3. The summed E-state index contributed by atoms with van der Waals surface area (Å²) in [5.41, 5.74) is 8.53. The molecule has 0 aliphatic carbocycles. The third-order valence-corrected chi connectivity index (χ3v) is 5.64. The zero-order valence-corrected chi connectivity index (χ0v) is 19.0. The molecule has 0 radical (unpaired) electrons. The molecule has 3 aromatic rings. The van der Waals surface area contributed by atoms with Gasteiger partial charge in [0.15, 0.2) is 0 Å². The van der Waals surface area contributed by atoms with Crippen molar-refractivity contribution in [2.24, 2.45) is 5.73 Å². The predicted molar refractivity (Wildman–Crippen MR) is 129 cm³/mol. The molecule has 1 aliphatic heterocycles. The fourth-order valence-corrected chi connectivity index (χ4v) is 3.88. The summed E-state index contributed by atoms with van der Waals surface area (Å²) in [6.45, 7) is 2.83. The van der Waals surface area contributed by atoms with Crippen molar-refractivity contribution in [1.82, 2.24) is 0 Å². The normalized spacial score (nSPS) is 14.5. The highest BCUT2D eigenvalue weighted by Gasteiger charge is 2.31. The summed E-state index contributed by atoms with van der Waals surface area (Å²) in [7, 11) is 0. The standard InChI is InChI=1S/C28H26N2O4/c1-2-3-7-16-32-21-12-10-19(11-13-21)26-23-15-14-22(17-25(23)34-27(30)24(26)18-29)33-28(31)20-8-5-4-6-9-20/h4-6,8-15,17,26H,2-3,7,16,30H2,1H3/t26-/m1/s1. The molecule has 4 rings (SSSR count). The zero-order valence-electron chi connectivity index (χ0n) is 19.0. The predicted octanol–water partition coefficient (Wildman–Crippen LogP) is 5.69. The van der Waals surface area contributed by atoms with Gasteiger partial charge in [-0.2, -0.15) is 5.26 Å². The summed E-state index contributed by atoms with van der Waals surface area (Å²) in [6.07, 6.45) is 3.29. The van der Waals surface area contributed by atoms with Crippen LogP contribution >= 0.6 is 0 Å². The minimum absolute atomic E-state index is 0.0337. The second-order valence-corrected chi connectivity index (χ2v) is 8.00. The highest BCUT2D eigenvalue weighted by molar-refractivity contribution is 5.91. The number of carbonyl (C=O) groups is 1. The second-order valence-electron chi connectivity index (χ2n) is 8.00. The molecule has 1 atom stereocenters. The molecule has 1 aliphatic rings. The fourth-order valence-electron chi connectivity index (χ4n) is 3.88. The number of hydrogen-bond acceptors (Lipinski definition) is 6. The molecule has 0 amide bonds. The minimum atomic E-state index is -0.469. The topological polar surface area (TPSA) is 94.6 Å². The van der Waals surface area contributed by atoms with E-state index in [0.29, 0.717) is 29.2 Å². The van der Waals surface area contributed by atoms with Gasteiger partial charge in [-0.05, 0) is 42.3 Å². The van der Waals surface area contributed by atoms with Crippen LogP contribution in [-0.2, 0) is 0 Å². The fraction of sp³-hybridized carbons (Fsp3) is 0.214. The monoisotopic (exact) mass is 454 g/mol. The van der Waals surface area contributed by atoms with E-state index in [-0.39, 0.29) is 5.88 Å².